The molecular formula is C75H61F6N3. The molecule has 0 amide bonds. The molecule has 0 unspecified atom stereocenters. The summed E-state index contributed by atoms with van der Waals surface area (Å²) in [6, 6.07) is 49.4. The number of alkyl halides is 6. The van der Waals surface area contributed by atoms with E-state index in [1.165, 1.54) is 0 Å². The summed E-state index contributed by atoms with van der Waals surface area (Å²) < 4.78 is 95.7. The summed E-state index contributed by atoms with van der Waals surface area (Å²) in [6.07, 6.45) is -10.3. The van der Waals surface area contributed by atoms with E-state index in [4.69, 9.17) is 0 Å². The van der Waals surface area contributed by atoms with Gasteiger partial charge in [0.1, 0.15) is 6.07 Å². The number of aromatic nitrogens is 2. The smallest absolute Gasteiger partial charge is 0.309 e. The average molecular weight is 1120 g/mol. The van der Waals surface area contributed by atoms with Crippen LogP contribution < -0.4 is 0 Å². The van der Waals surface area contributed by atoms with Gasteiger partial charge < -0.3 is 9.13 Å². The molecular weight excluding hydrogens is 1060 g/mol. The van der Waals surface area contributed by atoms with Gasteiger partial charge in [0.2, 0.25) is 0 Å². The van der Waals surface area contributed by atoms with E-state index in [1.807, 2.05) is 35.1 Å². The third-order valence-corrected chi connectivity index (χ3v) is 17.0. The molecule has 12 rings (SSSR count). The molecule has 0 N–H and O–H groups in total. The van der Waals surface area contributed by atoms with E-state index in [0.717, 1.165) is 145 Å². The van der Waals surface area contributed by atoms with Crippen molar-refractivity contribution in [1.82, 2.24) is 9.13 Å². The first-order chi connectivity index (χ1) is 39.8. The summed E-state index contributed by atoms with van der Waals surface area (Å²) in [7, 11) is 0. The lowest BCUT2D eigenvalue weighted by molar-refractivity contribution is -0.143. The summed E-state index contributed by atoms with van der Waals surface area (Å²) in [5, 5.41) is 15.1. The largest absolute Gasteiger partial charge is 0.416 e. The van der Waals surface area contributed by atoms with E-state index in [-0.39, 0.29) is 34.1 Å². The summed E-state index contributed by atoms with van der Waals surface area (Å²) in [5.74, 6) is 0. The highest BCUT2D eigenvalue weighted by molar-refractivity contribution is 6.14. The van der Waals surface area contributed by atoms with Gasteiger partial charge in [-0.15, -0.1) is 0 Å². The van der Waals surface area contributed by atoms with Crippen molar-refractivity contribution in [2.45, 2.75) is 95.4 Å². The van der Waals surface area contributed by atoms with Gasteiger partial charge in [-0.05, 0) is 232 Å². The molecule has 0 radical (unpaired) electrons. The molecule has 418 valence electrons. The summed E-state index contributed by atoms with van der Waals surface area (Å²) in [4.78, 5) is 0. The van der Waals surface area contributed by atoms with Crippen LogP contribution in [0.5, 0.6) is 0 Å². The minimum Gasteiger partial charge on any atom is -0.309 e. The molecule has 0 spiro atoms. The van der Waals surface area contributed by atoms with E-state index in [2.05, 4.69) is 185 Å². The molecule has 84 heavy (non-hydrogen) atoms. The fraction of sp³-hybridized carbons (Fsp3) is 0.187. The number of nitriles is 1. The summed E-state index contributed by atoms with van der Waals surface area (Å²) >= 11 is 0. The van der Waals surface area contributed by atoms with Gasteiger partial charge in [0.15, 0.2) is 0 Å². The standard InChI is InChI=1S/C75H61F6N3/c1-39-21-43(5)70(44(6)22-39)51-13-17-59-60-18-14-52(71-45(7)23-40(2)24-46(71)8)32-66(60)83(65(59)31-51)64-37-63(55-29-57(74(76,77)78)36-58(30-55)75(79,80)81)69(35-56(64)38-82)84-67-33-53(72-47(9)25-41(3)26-48(72)10)15-19-61(67)62-20-16-54(34-68(62)84)73-49(11)27-42(4)28-50(73)12/h13-37H,1-12H3. The van der Waals surface area contributed by atoms with Crippen molar-refractivity contribution < 1.29 is 26.3 Å². The van der Waals surface area contributed by atoms with Crippen LogP contribution in [0.3, 0.4) is 0 Å². The fourth-order valence-electron chi connectivity index (χ4n) is 14.1. The van der Waals surface area contributed by atoms with Crippen LogP contribution in [-0.2, 0) is 12.4 Å². The zero-order valence-electron chi connectivity index (χ0n) is 49.0. The Morgan fingerprint density at radius 1 is 0.310 bits per heavy atom. The lowest BCUT2D eigenvalue weighted by atomic mass is 9.92. The predicted octanol–water partition coefficient (Wildman–Crippen LogP) is 21.8. The molecule has 0 aliphatic carbocycles. The molecule has 0 saturated carbocycles. The molecule has 0 aliphatic rings. The van der Waals surface area contributed by atoms with Gasteiger partial charge in [0.05, 0.1) is 50.1 Å². The SMILES string of the molecule is Cc1cc(C)c(-c2ccc3c4ccc(-c5c(C)cc(C)cc5C)cc4n(-c4cc(-c5cc(C(F)(F)F)cc(C(F)(F)F)c5)c(-n5c6cc(-c7c(C)cc(C)cc7C)ccc6c6ccc(-c7c(C)cc(C)cc7C)cc65)cc4C#N)c3c2)c(C)c1. The van der Waals surface area contributed by atoms with Crippen molar-refractivity contribution in [3.63, 3.8) is 0 Å². The highest BCUT2D eigenvalue weighted by atomic mass is 19.4. The Hall–Kier alpha value is -9.13. The maximum Gasteiger partial charge on any atom is 0.416 e. The molecule has 0 bridgehead atoms. The van der Waals surface area contributed by atoms with Crippen LogP contribution in [0.2, 0.25) is 0 Å². The minimum atomic E-state index is -5.16. The zero-order valence-corrected chi connectivity index (χ0v) is 49.0. The van der Waals surface area contributed by atoms with E-state index in [9.17, 15) is 5.26 Å². The van der Waals surface area contributed by atoms with Crippen LogP contribution in [0, 0.1) is 94.4 Å². The van der Waals surface area contributed by atoms with Crippen LogP contribution >= 0.6 is 0 Å². The van der Waals surface area contributed by atoms with E-state index in [0.29, 0.717) is 22.1 Å². The van der Waals surface area contributed by atoms with Crippen molar-refractivity contribution >= 4 is 43.6 Å². The molecule has 0 aliphatic heterocycles. The number of nitrogens with zero attached hydrogens (tertiary/aromatic N) is 3. The lowest BCUT2D eigenvalue weighted by Gasteiger charge is -2.21. The highest BCUT2D eigenvalue weighted by Crippen LogP contribution is 2.47. The third-order valence-electron chi connectivity index (χ3n) is 17.0. The molecule has 9 heteroatoms. The first-order valence-corrected chi connectivity index (χ1v) is 28.2. The number of halogens is 6. The minimum absolute atomic E-state index is 0.0540. The van der Waals surface area contributed by atoms with Crippen LogP contribution in [0.25, 0.3) is 111 Å². The van der Waals surface area contributed by atoms with Crippen molar-refractivity contribution in [3.8, 4) is 73.1 Å². The number of benzene rings is 10. The molecule has 0 saturated heterocycles. The van der Waals surface area contributed by atoms with Crippen LogP contribution in [0.15, 0.2) is 152 Å². The maximum absolute atomic E-state index is 15.3. The van der Waals surface area contributed by atoms with Crippen molar-refractivity contribution in [2.24, 2.45) is 0 Å². The Morgan fingerprint density at radius 2 is 0.583 bits per heavy atom. The van der Waals surface area contributed by atoms with E-state index >= 15 is 26.3 Å². The van der Waals surface area contributed by atoms with Gasteiger partial charge in [-0.3, -0.25) is 0 Å². The number of hydrogen-bond acceptors (Lipinski definition) is 1. The molecule has 2 heterocycles. The number of fused-ring (bicyclic) bond motifs is 6. The van der Waals surface area contributed by atoms with Crippen molar-refractivity contribution in [3.05, 3.63) is 235 Å². The van der Waals surface area contributed by atoms with Crippen LogP contribution in [0.4, 0.5) is 26.3 Å². The average Bonchev–Trinajstić information content (AvgIpc) is 1.84. The maximum atomic E-state index is 15.3. The zero-order chi connectivity index (χ0) is 59.7. The Bertz CT molecular complexity index is 4480. The topological polar surface area (TPSA) is 33.6 Å². The molecule has 3 nitrogen and oxygen atoms in total. The quantitative estimate of drug-likeness (QED) is 0.146. The highest BCUT2D eigenvalue weighted by Gasteiger charge is 2.38. The first-order valence-electron chi connectivity index (χ1n) is 28.2. The summed E-state index contributed by atoms with van der Waals surface area (Å²) in [6.45, 7) is 24.7. The Balaban J connectivity index is 1.27. The van der Waals surface area contributed by atoms with Gasteiger partial charge in [-0.1, -0.05) is 119 Å². The fourth-order valence-corrected chi connectivity index (χ4v) is 14.1. The molecule has 10 aromatic carbocycles. The lowest BCUT2D eigenvalue weighted by Crippen LogP contribution is -2.11. The predicted molar refractivity (Wildman–Crippen MR) is 334 cm³/mol. The second-order valence-corrected chi connectivity index (χ2v) is 23.5. The Kier molecular flexibility index (Phi) is 13.2. The number of aryl methyl sites for hydroxylation is 12. The van der Waals surface area contributed by atoms with Crippen LogP contribution in [0.1, 0.15) is 83.5 Å². The molecule has 2 aromatic heterocycles. The van der Waals surface area contributed by atoms with Gasteiger partial charge >= 0.3 is 12.4 Å². The number of hydrogen-bond donors (Lipinski definition) is 0. The summed E-state index contributed by atoms with van der Waals surface area (Å²) in [5.41, 5.74) is 20.7. The normalized spacial score (nSPS) is 12.2. The third kappa shape index (κ3) is 9.33. The second kappa shape index (κ2) is 20.1. The van der Waals surface area contributed by atoms with E-state index < -0.39 is 23.5 Å². The Labute approximate surface area is 485 Å². The molecule has 0 fully saturated rings. The Morgan fingerprint density at radius 3 is 0.845 bits per heavy atom. The second-order valence-electron chi connectivity index (χ2n) is 23.5. The van der Waals surface area contributed by atoms with Crippen molar-refractivity contribution in [2.75, 3.05) is 0 Å². The van der Waals surface area contributed by atoms with Gasteiger partial charge in [0, 0.05) is 27.1 Å². The van der Waals surface area contributed by atoms with Crippen LogP contribution in [-0.4, -0.2) is 9.13 Å². The molecule has 12 aromatic rings. The number of rotatable bonds is 7. The monoisotopic (exact) mass is 1120 g/mol. The van der Waals surface area contributed by atoms with Gasteiger partial charge in [-0.25, -0.2) is 0 Å². The van der Waals surface area contributed by atoms with Crippen molar-refractivity contribution in [1.29, 1.82) is 5.26 Å². The molecule has 0 atom stereocenters. The van der Waals surface area contributed by atoms with Gasteiger partial charge in [-0.2, -0.15) is 31.6 Å². The van der Waals surface area contributed by atoms with Gasteiger partial charge in [0.25, 0.3) is 0 Å². The first kappa shape index (κ1) is 55.4. The van der Waals surface area contributed by atoms with E-state index in [1.54, 1.807) is 12.1 Å².